The van der Waals surface area contributed by atoms with Crippen LogP contribution in [0, 0.1) is 5.82 Å². The molecule has 7 nitrogen and oxygen atoms in total. The molecule has 0 atom stereocenters. The fourth-order valence-electron chi connectivity index (χ4n) is 4.40. The van der Waals surface area contributed by atoms with Crippen molar-refractivity contribution in [3.8, 4) is 11.6 Å². The highest BCUT2D eigenvalue weighted by molar-refractivity contribution is 5.94. The number of piperazine rings is 1. The molecule has 1 aromatic heterocycles. The van der Waals surface area contributed by atoms with E-state index in [1.807, 2.05) is 7.05 Å². The van der Waals surface area contributed by atoms with Crippen LogP contribution in [0.3, 0.4) is 0 Å². The van der Waals surface area contributed by atoms with E-state index in [1.54, 1.807) is 0 Å². The standard InChI is InChI=1S/C26H25F4N5O2/c1-33-11-13-34(14-12-33)25-31-22-9-10-35(24(36)17-3-2-4-18(15-17)26(28,29)30)16-21(22)23(32-25)37-20-7-5-19(27)6-8-20/h2-8,15H,9-14,16H2,1H3. The van der Waals surface area contributed by atoms with Gasteiger partial charge in [-0.1, -0.05) is 6.07 Å². The minimum Gasteiger partial charge on any atom is -0.438 e. The zero-order chi connectivity index (χ0) is 26.2. The van der Waals surface area contributed by atoms with Crippen LogP contribution in [0.4, 0.5) is 23.5 Å². The first-order chi connectivity index (χ1) is 17.7. The molecule has 11 heteroatoms. The summed E-state index contributed by atoms with van der Waals surface area (Å²) in [6.07, 6.45) is -4.16. The van der Waals surface area contributed by atoms with Crippen molar-refractivity contribution in [2.24, 2.45) is 0 Å². The van der Waals surface area contributed by atoms with Gasteiger partial charge in [0.25, 0.3) is 5.91 Å². The molecule has 2 aromatic carbocycles. The number of halogens is 4. The second-order valence-electron chi connectivity index (χ2n) is 9.16. The predicted octanol–water partition coefficient (Wildman–Crippen LogP) is 4.38. The lowest BCUT2D eigenvalue weighted by molar-refractivity contribution is -0.137. The molecule has 2 aliphatic heterocycles. The maximum absolute atomic E-state index is 13.4. The van der Waals surface area contributed by atoms with Crippen LogP contribution in [0.15, 0.2) is 48.5 Å². The Bertz CT molecular complexity index is 1290. The van der Waals surface area contributed by atoms with E-state index in [9.17, 15) is 22.4 Å². The highest BCUT2D eigenvalue weighted by Gasteiger charge is 2.33. The number of rotatable bonds is 4. The summed E-state index contributed by atoms with van der Waals surface area (Å²) in [5.74, 6) is 0.197. The lowest BCUT2D eigenvalue weighted by Gasteiger charge is -2.34. The average molecular weight is 516 g/mol. The van der Waals surface area contributed by atoms with Gasteiger partial charge in [-0.3, -0.25) is 4.79 Å². The Kier molecular flexibility index (Phi) is 6.72. The summed E-state index contributed by atoms with van der Waals surface area (Å²) in [5.41, 5.74) is 0.369. The Morgan fingerprint density at radius 3 is 2.41 bits per heavy atom. The van der Waals surface area contributed by atoms with Crippen molar-refractivity contribution >= 4 is 11.9 Å². The molecule has 37 heavy (non-hydrogen) atoms. The summed E-state index contributed by atoms with van der Waals surface area (Å²) in [6, 6.07) is 9.90. The molecule has 1 saturated heterocycles. The molecule has 3 aromatic rings. The van der Waals surface area contributed by atoms with Crippen LogP contribution in [0.5, 0.6) is 11.6 Å². The number of hydrogen-bond donors (Lipinski definition) is 0. The van der Waals surface area contributed by atoms with E-state index in [0.717, 1.165) is 38.3 Å². The zero-order valence-electron chi connectivity index (χ0n) is 20.1. The van der Waals surface area contributed by atoms with Crippen LogP contribution >= 0.6 is 0 Å². The Labute approximate surface area is 211 Å². The molecule has 1 amide bonds. The molecule has 0 radical (unpaired) electrons. The monoisotopic (exact) mass is 515 g/mol. The minimum atomic E-state index is -4.55. The van der Waals surface area contributed by atoms with E-state index in [-0.39, 0.29) is 24.5 Å². The molecule has 194 valence electrons. The number of nitrogens with zero attached hydrogens (tertiary/aromatic N) is 5. The average Bonchev–Trinajstić information content (AvgIpc) is 2.89. The topological polar surface area (TPSA) is 61.8 Å². The first kappa shape index (κ1) is 24.9. The van der Waals surface area contributed by atoms with Gasteiger partial charge in [0, 0.05) is 44.7 Å². The quantitative estimate of drug-likeness (QED) is 0.481. The van der Waals surface area contributed by atoms with Gasteiger partial charge in [0.15, 0.2) is 0 Å². The zero-order valence-corrected chi connectivity index (χ0v) is 20.1. The number of carbonyl (C=O) groups excluding carboxylic acids is 1. The van der Waals surface area contributed by atoms with Crippen molar-refractivity contribution in [1.82, 2.24) is 19.8 Å². The third-order valence-corrected chi connectivity index (χ3v) is 6.55. The molecule has 0 aliphatic carbocycles. The number of alkyl halides is 3. The van der Waals surface area contributed by atoms with E-state index in [1.165, 1.54) is 41.3 Å². The fourth-order valence-corrected chi connectivity index (χ4v) is 4.40. The molecule has 0 N–H and O–H groups in total. The van der Waals surface area contributed by atoms with Crippen molar-refractivity contribution < 1.29 is 27.1 Å². The SMILES string of the molecule is CN1CCN(c2nc3c(c(Oc4ccc(F)cc4)n2)CN(C(=O)c2cccc(C(F)(F)F)c2)CC3)CC1. The highest BCUT2D eigenvalue weighted by Crippen LogP contribution is 2.33. The van der Waals surface area contributed by atoms with Gasteiger partial charge < -0.3 is 19.4 Å². The van der Waals surface area contributed by atoms with Gasteiger partial charge in [0.2, 0.25) is 11.8 Å². The molecular formula is C26H25F4N5O2. The molecular weight excluding hydrogens is 490 g/mol. The second kappa shape index (κ2) is 9.97. The first-order valence-corrected chi connectivity index (χ1v) is 11.9. The van der Waals surface area contributed by atoms with E-state index < -0.39 is 23.5 Å². The van der Waals surface area contributed by atoms with Crippen molar-refractivity contribution in [2.45, 2.75) is 19.1 Å². The number of benzene rings is 2. The number of aromatic nitrogens is 2. The molecule has 0 spiro atoms. The summed E-state index contributed by atoms with van der Waals surface area (Å²) >= 11 is 0. The summed E-state index contributed by atoms with van der Waals surface area (Å²) in [4.78, 5) is 28.3. The van der Waals surface area contributed by atoms with E-state index in [0.29, 0.717) is 29.4 Å². The Balaban J connectivity index is 1.46. The van der Waals surface area contributed by atoms with Crippen molar-refractivity contribution in [3.05, 3.63) is 76.7 Å². The lowest BCUT2D eigenvalue weighted by Crippen LogP contribution is -2.45. The number of amides is 1. The lowest BCUT2D eigenvalue weighted by atomic mass is 10.0. The van der Waals surface area contributed by atoms with Gasteiger partial charge >= 0.3 is 6.18 Å². The van der Waals surface area contributed by atoms with Gasteiger partial charge in [-0.15, -0.1) is 0 Å². The third-order valence-electron chi connectivity index (χ3n) is 6.55. The second-order valence-corrected chi connectivity index (χ2v) is 9.16. The Morgan fingerprint density at radius 2 is 1.70 bits per heavy atom. The summed E-state index contributed by atoms with van der Waals surface area (Å²) in [7, 11) is 2.05. The van der Waals surface area contributed by atoms with Gasteiger partial charge in [-0.25, -0.2) is 9.37 Å². The van der Waals surface area contributed by atoms with Crippen LogP contribution in [0.2, 0.25) is 0 Å². The summed E-state index contributed by atoms with van der Waals surface area (Å²) < 4.78 is 59.0. The summed E-state index contributed by atoms with van der Waals surface area (Å²) in [5, 5.41) is 0. The fraction of sp³-hybridized carbons (Fsp3) is 0.346. The molecule has 0 unspecified atom stereocenters. The van der Waals surface area contributed by atoms with Crippen LogP contribution in [-0.4, -0.2) is 65.4 Å². The number of carbonyl (C=O) groups is 1. The molecule has 2 aliphatic rings. The summed E-state index contributed by atoms with van der Waals surface area (Å²) in [6.45, 7) is 3.56. The smallest absolute Gasteiger partial charge is 0.416 e. The number of anilines is 1. The maximum Gasteiger partial charge on any atom is 0.416 e. The van der Waals surface area contributed by atoms with Crippen molar-refractivity contribution in [3.63, 3.8) is 0 Å². The van der Waals surface area contributed by atoms with Gasteiger partial charge in [0.05, 0.1) is 23.4 Å². The molecule has 3 heterocycles. The first-order valence-electron chi connectivity index (χ1n) is 11.9. The largest absolute Gasteiger partial charge is 0.438 e. The normalized spacial score (nSPS) is 16.5. The Hall–Kier alpha value is -3.73. The number of fused-ring (bicyclic) bond motifs is 1. The van der Waals surface area contributed by atoms with Crippen molar-refractivity contribution in [2.75, 3.05) is 44.7 Å². The van der Waals surface area contributed by atoms with Crippen LogP contribution in [-0.2, 0) is 19.1 Å². The molecule has 5 rings (SSSR count). The molecule has 0 bridgehead atoms. The number of hydrogen-bond acceptors (Lipinski definition) is 6. The van der Waals surface area contributed by atoms with E-state index in [4.69, 9.17) is 9.72 Å². The predicted molar refractivity (Wildman–Crippen MR) is 128 cm³/mol. The van der Waals surface area contributed by atoms with E-state index in [2.05, 4.69) is 14.8 Å². The van der Waals surface area contributed by atoms with Crippen LogP contribution in [0.25, 0.3) is 0 Å². The van der Waals surface area contributed by atoms with Crippen molar-refractivity contribution in [1.29, 1.82) is 0 Å². The van der Waals surface area contributed by atoms with Gasteiger partial charge in [-0.05, 0) is 49.5 Å². The number of ether oxygens (including phenoxy) is 1. The van der Waals surface area contributed by atoms with E-state index >= 15 is 0 Å². The Morgan fingerprint density at radius 1 is 0.973 bits per heavy atom. The minimum absolute atomic E-state index is 0.0470. The third kappa shape index (κ3) is 5.51. The maximum atomic E-state index is 13.4. The highest BCUT2D eigenvalue weighted by atomic mass is 19.4. The van der Waals surface area contributed by atoms with Crippen LogP contribution in [0.1, 0.15) is 27.2 Å². The van der Waals surface area contributed by atoms with Gasteiger partial charge in [-0.2, -0.15) is 18.2 Å². The molecule has 1 fully saturated rings. The van der Waals surface area contributed by atoms with Gasteiger partial charge in [0.1, 0.15) is 11.6 Å². The van der Waals surface area contributed by atoms with Crippen LogP contribution < -0.4 is 9.64 Å². The number of likely N-dealkylation sites (N-methyl/N-ethyl adjacent to an activating group) is 1. The molecule has 0 saturated carbocycles.